The van der Waals surface area contributed by atoms with Gasteiger partial charge in [-0.05, 0) is 36.4 Å². The number of hydrazine groups is 1. The molecule has 2 aliphatic heterocycles. The second kappa shape index (κ2) is 5.80. The van der Waals surface area contributed by atoms with Gasteiger partial charge in [0.25, 0.3) is 5.91 Å². The van der Waals surface area contributed by atoms with E-state index in [1.54, 1.807) is 5.01 Å². The molecule has 3 rings (SSSR count). The predicted octanol–water partition coefficient (Wildman–Crippen LogP) is 1.63. The molecule has 2 aliphatic rings. The van der Waals surface area contributed by atoms with Crippen LogP contribution in [0.1, 0.15) is 18.4 Å². The summed E-state index contributed by atoms with van der Waals surface area (Å²) in [7, 11) is 0. The normalized spacial score (nSPS) is 20.3. The Morgan fingerprint density at radius 3 is 2.95 bits per heavy atom. The minimum atomic E-state index is -0.557. The summed E-state index contributed by atoms with van der Waals surface area (Å²) in [6.45, 7) is 0.583. The number of hydrogen-bond acceptors (Lipinski definition) is 5. The van der Waals surface area contributed by atoms with Gasteiger partial charge in [-0.1, -0.05) is 0 Å². The van der Waals surface area contributed by atoms with Crippen LogP contribution in [0.3, 0.4) is 0 Å². The molecule has 0 atom stereocenters. The summed E-state index contributed by atoms with van der Waals surface area (Å²) in [5, 5.41) is 11.6. The Bertz CT molecular complexity index is 717. The standard InChI is InChI=1S/C14H12FN3O3S/c15-9-4-3-8(10(19)7-9)6-11-13(21)16-14(22-11)18-5-1-2-12(20)17-18/h3-4,6-7,19H,1-2,5H2,(H,17,20). The molecule has 0 spiro atoms. The lowest BCUT2D eigenvalue weighted by Gasteiger charge is -2.27. The Hall–Kier alpha value is -2.35. The van der Waals surface area contributed by atoms with Gasteiger partial charge < -0.3 is 5.11 Å². The first kappa shape index (κ1) is 14.6. The molecule has 1 aromatic carbocycles. The van der Waals surface area contributed by atoms with Gasteiger partial charge in [-0.2, -0.15) is 4.99 Å². The minimum absolute atomic E-state index is 0.115. The third-order valence-corrected chi connectivity index (χ3v) is 4.17. The zero-order valence-corrected chi connectivity index (χ0v) is 12.2. The fraction of sp³-hybridized carbons (Fsp3) is 0.214. The van der Waals surface area contributed by atoms with Gasteiger partial charge >= 0.3 is 0 Å². The van der Waals surface area contributed by atoms with Crippen molar-refractivity contribution in [1.82, 2.24) is 10.4 Å². The quantitative estimate of drug-likeness (QED) is 0.768. The fourth-order valence-electron chi connectivity index (χ4n) is 2.10. The van der Waals surface area contributed by atoms with Crippen LogP contribution in [-0.2, 0) is 9.59 Å². The van der Waals surface area contributed by atoms with Gasteiger partial charge in [0.15, 0.2) is 5.17 Å². The van der Waals surface area contributed by atoms with E-state index in [2.05, 4.69) is 10.4 Å². The topological polar surface area (TPSA) is 82.0 Å². The van der Waals surface area contributed by atoms with E-state index in [0.717, 1.165) is 17.8 Å². The zero-order valence-electron chi connectivity index (χ0n) is 11.4. The van der Waals surface area contributed by atoms with Crippen molar-refractivity contribution in [2.45, 2.75) is 12.8 Å². The molecule has 6 nitrogen and oxygen atoms in total. The van der Waals surface area contributed by atoms with Crippen molar-refractivity contribution in [3.63, 3.8) is 0 Å². The first-order valence-corrected chi connectivity index (χ1v) is 7.43. The summed E-state index contributed by atoms with van der Waals surface area (Å²) in [6.07, 6.45) is 2.59. The molecule has 0 bridgehead atoms. The molecular weight excluding hydrogens is 309 g/mol. The summed E-state index contributed by atoms with van der Waals surface area (Å²) in [5.41, 5.74) is 2.98. The van der Waals surface area contributed by atoms with Crippen LogP contribution in [0.25, 0.3) is 6.08 Å². The molecule has 22 heavy (non-hydrogen) atoms. The molecule has 0 unspecified atom stereocenters. The van der Waals surface area contributed by atoms with Gasteiger partial charge in [-0.3, -0.25) is 20.0 Å². The average Bonchev–Trinajstić information content (AvgIpc) is 2.83. The summed E-state index contributed by atoms with van der Waals surface area (Å²) in [5.74, 6) is -1.38. The molecule has 114 valence electrons. The second-order valence-electron chi connectivity index (χ2n) is 4.80. The van der Waals surface area contributed by atoms with E-state index >= 15 is 0 Å². The van der Waals surface area contributed by atoms with Crippen molar-refractivity contribution in [2.24, 2.45) is 4.99 Å². The van der Waals surface area contributed by atoms with Crippen molar-refractivity contribution in [1.29, 1.82) is 0 Å². The van der Waals surface area contributed by atoms with Crippen molar-refractivity contribution in [3.8, 4) is 5.75 Å². The van der Waals surface area contributed by atoms with Crippen molar-refractivity contribution >= 4 is 34.8 Å². The lowest BCUT2D eigenvalue weighted by Crippen LogP contribution is -2.48. The number of benzene rings is 1. The number of carbonyl (C=O) groups is 2. The third-order valence-electron chi connectivity index (χ3n) is 3.16. The highest BCUT2D eigenvalue weighted by Gasteiger charge is 2.28. The minimum Gasteiger partial charge on any atom is -0.507 e. The molecule has 2 heterocycles. The number of halogens is 1. The van der Waals surface area contributed by atoms with Gasteiger partial charge in [0, 0.05) is 24.6 Å². The van der Waals surface area contributed by atoms with Gasteiger partial charge in [-0.25, -0.2) is 4.39 Å². The molecule has 2 amide bonds. The number of amides is 2. The largest absolute Gasteiger partial charge is 0.507 e. The first-order chi connectivity index (χ1) is 10.5. The number of aromatic hydroxyl groups is 1. The fourth-order valence-corrected chi connectivity index (χ4v) is 2.99. The molecule has 1 fully saturated rings. The number of amidine groups is 1. The maximum absolute atomic E-state index is 13.0. The van der Waals surface area contributed by atoms with Crippen LogP contribution in [0.15, 0.2) is 28.1 Å². The summed E-state index contributed by atoms with van der Waals surface area (Å²) < 4.78 is 13.0. The molecule has 0 radical (unpaired) electrons. The highest BCUT2D eigenvalue weighted by atomic mass is 32.2. The Kier molecular flexibility index (Phi) is 3.84. The van der Waals surface area contributed by atoms with Crippen molar-refractivity contribution in [3.05, 3.63) is 34.5 Å². The number of aliphatic imine (C=N–C) groups is 1. The van der Waals surface area contributed by atoms with Crippen LogP contribution >= 0.6 is 11.8 Å². The number of phenolic OH excluding ortho intramolecular Hbond substituents is 1. The number of nitrogens with one attached hydrogen (secondary N) is 1. The maximum atomic E-state index is 13.0. The average molecular weight is 321 g/mol. The van der Waals surface area contributed by atoms with Gasteiger partial charge in [0.1, 0.15) is 11.6 Å². The van der Waals surface area contributed by atoms with E-state index in [1.807, 2.05) is 0 Å². The third kappa shape index (κ3) is 2.96. The van der Waals surface area contributed by atoms with Crippen LogP contribution in [0.2, 0.25) is 0 Å². The SMILES string of the molecule is O=C1CCCN(C2=NC(=O)C(=Cc3ccc(F)cc3O)S2)N1. The van der Waals surface area contributed by atoms with E-state index < -0.39 is 11.7 Å². The van der Waals surface area contributed by atoms with Gasteiger partial charge in [0.05, 0.1) is 4.91 Å². The van der Waals surface area contributed by atoms with E-state index in [-0.39, 0.29) is 11.7 Å². The number of thioether (sulfide) groups is 1. The van der Waals surface area contributed by atoms with Crippen LogP contribution < -0.4 is 5.43 Å². The van der Waals surface area contributed by atoms with Crippen LogP contribution in [0.4, 0.5) is 4.39 Å². The zero-order chi connectivity index (χ0) is 15.7. The first-order valence-electron chi connectivity index (χ1n) is 6.61. The van der Waals surface area contributed by atoms with E-state index in [4.69, 9.17) is 0 Å². The molecule has 8 heteroatoms. The van der Waals surface area contributed by atoms with Crippen molar-refractivity contribution in [2.75, 3.05) is 6.54 Å². The van der Waals surface area contributed by atoms with E-state index in [0.29, 0.717) is 35.0 Å². The van der Waals surface area contributed by atoms with Gasteiger partial charge in [0.2, 0.25) is 5.91 Å². The second-order valence-corrected chi connectivity index (χ2v) is 5.81. The Labute approximate surface area is 129 Å². The van der Waals surface area contributed by atoms with Crippen LogP contribution in [0, 0.1) is 5.82 Å². The molecule has 0 aromatic heterocycles. The van der Waals surface area contributed by atoms with Crippen molar-refractivity contribution < 1.29 is 19.1 Å². The van der Waals surface area contributed by atoms with Crippen LogP contribution in [-0.4, -0.2) is 33.6 Å². The highest BCUT2D eigenvalue weighted by Crippen LogP contribution is 2.32. The monoisotopic (exact) mass is 321 g/mol. The number of hydrogen-bond donors (Lipinski definition) is 2. The maximum Gasteiger partial charge on any atom is 0.286 e. The lowest BCUT2D eigenvalue weighted by atomic mass is 10.2. The molecule has 0 saturated carbocycles. The predicted molar refractivity (Wildman–Crippen MR) is 80.2 cm³/mol. The van der Waals surface area contributed by atoms with E-state index in [1.165, 1.54) is 18.2 Å². The molecule has 2 N–H and O–H groups in total. The van der Waals surface area contributed by atoms with Gasteiger partial charge in [-0.15, -0.1) is 0 Å². The number of rotatable bonds is 1. The number of phenols is 1. The molecule has 1 aromatic rings. The molecular formula is C14H12FN3O3S. The molecule has 1 saturated heterocycles. The van der Waals surface area contributed by atoms with E-state index in [9.17, 15) is 19.1 Å². The smallest absolute Gasteiger partial charge is 0.286 e. The summed E-state index contributed by atoms with van der Waals surface area (Å²) >= 11 is 1.10. The highest BCUT2D eigenvalue weighted by molar-refractivity contribution is 8.18. The Balaban J connectivity index is 1.79. The number of carbonyl (C=O) groups excluding carboxylic acids is 2. The summed E-state index contributed by atoms with van der Waals surface area (Å²) in [6, 6.07) is 3.55. The molecule has 0 aliphatic carbocycles. The lowest BCUT2D eigenvalue weighted by molar-refractivity contribution is -0.126. The number of nitrogens with zero attached hydrogens (tertiary/aromatic N) is 2. The summed E-state index contributed by atoms with van der Waals surface area (Å²) in [4.78, 5) is 27.5. The Morgan fingerprint density at radius 2 is 2.23 bits per heavy atom. The van der Waals surface area contributed by atoms with Crippen LogP contribution in [0.5, 0.6) is 5.75 Å². The Morgan fingerprint density at radius 1 is 1.41 bits per heavy atom.